The van der Waals surface area contributed by atoms with Gasteiger partial charge in [-0.05, 0) is 42.9 Å². The first-order valence-electron chi connectivity index (χ1n) is 10.9. The number of hydrogen-bond acceptors (Lipinski definition) is 3. The van der Waals surface area contributed by atoms with Crippen LogP contribution < -0.4 is 0 Å². The van der Waals surface area contributed by atoms with Crippen LogP contribution in [0.5, 0.6) is 0 Å². The summed E-state index contributed by atoms with van der Waals surface area (Å²) in [5.41, 5.74) is 3.44. The molecule has 2 bridgehead atoms. The fourth-order valence-corrected chi connectivity index (χ4v) is 5.44. The minimum absolute atomic E-state index is 0.191. The van der Waals surface area contributed by atoms with Gasteiger partial charge in [0, 0.05) is 42.6 Å². The third-order valence-corrected chi connectivity index (χ3v) is 6.87. The molecule has 5 rings (SSSR count). The molecular formula is C26H28N2O. The molecule has 2 aliphatic rings. The number of carbonyl (C=O) groups excluding carboxylic acids is 1. The monoisotopic (exact) mass is 384 g/mol. The molecule has 2 unspecified atom stereocenters. The summed E-state index contributed by atoms with van der Waals surface area (Å²) in [5.74, 6) is 0.593. The van der Waals surface area contributed by atoms with Crippen molar-refractivity contribution in [1.82, 2.24) is 9.88 Å². The number of piperidine rings is 2. The van der Waals surface area contributed by atoms with E-state index in [1.54, 1.807) is 0 Å². The van der Waals surface area contributed by atoms with E-state index in [4.69, 9.17) is 0 Å². The molecular weight excluding hydrogens is 356 g/mol. The summed E-state index contributed by atoms with van der Waals surface area (Å²) >= 11 is 0. The van der Waals surface area contributed by atoms with Crippen molar-refractivity contribution in [3.63, 3.8) is 0 Å². The van der Waals surface area contributed by atoms with E-state index in [-0.39, 0.29) is 5.92 Å². The Morgan fingerprint density at radius 3 is 2.48 bits per heavy atom. The molecule has 3 heterocycles. The number of hydrogen-bond donors (Lipinski definition) is 0. The number of ketones is 1. The number of benzene rings is 2. The Kier molecular flexibility index (Phi) is 5.15. The zero-order valence-electron chi connectivity index (χ0n) is 16.8. The van der Waals surface area contributed by atoms with E-state index < -0.39 is 0 Å². The summed E-state index contributed by atoms with van der Waals surface area (Å²) in [6.07, 6.45) is 8.11. The van der Waals surface area contributed by atoms with Gasteiger partial charge in [0.2, 0.25) is 0 Å². The average Bonchev–Trinajstić information content (AvgIpc) is 2.74. The van der Waals surface area contributed by atoms with Crippen molar-refractivity contribution >= 4 is 16.7 Å². The van der Waals surface area contributed by atoms with Gasteiger partial charge < -0.3 is 0 Å². The van der Waals surface area contributed by atoms with Crippen LogP contribution in [0.3, 0.4) is 0 Å². The molecule has 2 fully saturated rings. The van der Waals surface area contributed by atoms with Gasteiger partial charge in [-0.15, -0.1) is 0 Å². The molecule has 2 aromatic carbocycles. The van der Waals surface area contributed by atoms with Crippen LogP contribution in [-0.2, 0) is 17.8 Å². The van der Waals surface area contributed by atoms with Crippen LogP contribution in [0.4, 0.5) is 0 Å². The van der Waals surface area contributed by atoms with Gasteiger partial charge in [-0.3, -0.25) is 14.7 Å². The lowest BCUT2D eigenvalue weighted by Gasteiger charge is -2.48. The van der Waals surface area contributed by atoms with Crippen molar-refractivity contribution < 1.29 is 4.79 Å². The number of nitrogens with zero attached hydrogens (tertiary/aromatic N) is 2. The van der Waals surface area contributed by atoms with E-state index >= 15 is 0 Å². The van der Waals surface area contributed by atoms with Crippen LogP contribution in [0.2, 0.25) is 0 Å². The minimum Gasteiger partial charge on any atom is -0.299 e. The van der Waals surface area contributed by atoms with E-state index in [1.165, 1.54) is 24.8 Å². The third-order valence-electron chi connectivity index (χ3n) is 6.87. The number of carbonyl (C=O) groups is 1. The van der Waals surface area contributed by atoms with Crippen molar-refractivity contribution in [3.8, 4) is 0 Å². The Labute approximate surface area is 172 Å². The highest BCUT2D eigenvalue weighted by molar-refractivity contribution is 5.89. The van der Waals surface area contributed by atoms with Crippen LogP contribution >= 0.6 is 0 Å². The van der Waals surface area contributed by atoms with Crippen molar-refractivity contribution in [2.45, 2.75) is 57.2 Å². The second-order valence-corrected chi connectivity index (χ2v) is 8.70. The van der Waals surface area contributed by atoms with E-state index in [1.807, 2.05) is 18.3 Å². The molecule has 2 saturated heterocycles. The lowest BCUT2D eigenvalue weighted by molar-refractivity contribution is -0.126. The number of fused-ring (bicyclic) bond motifs is 3. The van der Waals surface area contributed by atoms with Gasteiger partial charge >= 0.3 is 0 Å². The quantitative estimate of drug-likeness (QED) is 0.608. The Hall–Kier alpha value is -2.52. The Balaban J connectivity index is 1.31. The van der Waals surface area contributed by atoms with Gasteiger partial charge in [-0.1, -0.05) is 61.0 Å². The maximum atomic E-state index is 13.3. The van der Waals surface area contributed by atoms with E-state index in [9.17, 15) is 4.79 Å². The van der Waals surface area contributed by atoms with Crippen LogP contribution in [-0.4, -0.2) is 27.8 Å². The van der Waals surface area contributed by atoms with E-state index in [0.29, 0.717) is 24.3 Å². The Morgan fingerprint density at radius 2 is 1.69 bits per heavy atom. The van der Waals surface area contributed by atoms with Gasteiger partial charge in [-0.25, -0.2) is 0 Å². The summed E-state index contributed by atoms with van der Waals surface area (Å²) in [7, 11) is 0. The van der Waals surface area contributed by atoms with Crippen LogP contribution in [0.25, 0.3) is 10.9 Å². The van der Waals surface area contributed by atoms with Crippen molar-refractivity contribution in [1.29, 1.82) is 0 Å². The highest BCUT2D eigenvalue weighted by Gasteiger charge is 2.40. The predicted octanol–water partition coefficient (Wildman–Crippen LogP) is 5.18. The molecule has 3 nitrogen and oxygen atoms in total. The molecule has 0 spiro atoms. The third kappa shape index (κ3) is 3.84. The molecule has 3 heteroatoms. The SMILES string of the molecule is O=C(Cc1cccc2cccnc12)C1CC2CCCC(C1)N2Cc1ccccc1. The summed E-state index contributed by atoms with van der Waals surface area (Å²) in [5, 5.41) is 1.12. The molecule has 0 saturated carbocycles. The maximum absolute atomic E-state index is 13.3. The first kappa shape index (κ1) is 18.5. The molecule has 0 radical (unpaired) electrons. The van der Waals surface area contributed by atoms with Crippen LogP contribution in [0, 0.1) is 5.92 Å². The topological polar surface area (TPSA) is 33.2 Å². The predicted molar refractivity (Wildman–Crippen MR) is 117 cm³/mol. The number of aromatic nitrogens is 1. The lowest BCUT2D eigenvalue weighted by atomic mass is 9.75. The van der Waals surface area contributed by atoms with Crippen molar-refractivity contribution in [3.05, 3.63) is 78.0 Å². The number of para-hydroxylation sites is 1. The Morgan fingerprint density at radius 1 is 0.931 bits per heavy atom. The maximum Gasteiger partial charge on any atom is 0.140 e. The molecule has 0 N–H and O–H groups in total. The highest BCUT2D eigenvalue weighted by Crippen LogP contribution is 2.38. The molecule has 2 atom stereocenters. The van der Waals surface area contributed by atoms with E-state index in [2.05, 4.69) is 58.4 Å². The average molecular weight is 385 g/mol. The molecule has 0 amide bonds. The van der Waals surface area contributed by atoms with Crippen molar-refractivity contribution in [2.24, 2.45) is 5.92 Å². The molecule has 1 aromatic heterocycles. The molecule has 29 heavy (non-hydrogen) atoms. The fraction of sp³-hybridized carbons (Fsp3) is 0.385. The molecule has 3 aromatic rings. The number of rotatable bonds is 5. The second kappa shape index (κ2) is 8.08. The number of Topliss-reactive ketones (excluding diaryl/α,β-unsaturated/α-hetero) is 1. The summed E-state index contributed by atoms with van der Waals surface area (Å²) in [6, 6.07) is 22.1. The van der Waals surface area contributed by atoms with E-state index in [0.717, 1.165) is 35.9 Å². The first-order chi connectivity index (χ1) is 14.3. The first-order valence-corrected chi connectivity index (χ1v) is 10.9. The Bertz CT molecular complexity index is 981. The molecule has 148 valence electrons. The minimum atomic E-state index is 0.191. The summed E-state index contributed by atoms with van der Waals surface area (Å²) in [4.78, 5) is 20.5. The van der Waals surface area contributed by atoms with Crippen molar-refractivity contribution in [2.75, 3.05) is 0 Å². The van der Waals surface area contributed by atoms with Gasteiger partial charge in [0.25, 0.3) is 0 Å². The zero-order valence-corrected chi connectivity index (χ0v) is 16.8. The second-order valence-electron chi connectivity index (χ2n) is 8.70. The van der Waals surface area contributed by atoms with Crippen LogP contribution in [0.1, 0.15) is 43.2 Å². The van der Waals surface area contributed by atoms with Crippen LogP contribution in [0.15, 0.2) is 66.9 Å². The fourth-order valence-electron chi connectivity index (χ4n) is 5.44. The molecule has 0 aliphatic carbocycles. The number of pyridine rings is 1. The zero-order chi connectivity index (χ0) is 19.6. The summed E-state index contributed by atoms with van der Waals surface area (Å²) < 4.78 is 0. The lowest BCUT2D eigenvalue weighted by Crippen LogP contribution is -2.52. The largest absolute Gasteiger partial charge is 0.299 e. The standard InChI is InChI=1S/C26H28N2O/c29-25(17-21-10-4-9-20-11-6-14-27-26(20)21)22-15-23-12-5-13-24(16-22)28(23)18-19-7-2-1-3-8-19/h1-4,6-11,14,22-24H,5,12-13,15-18H2. The smallest absolute Gasteiger partial charge is 0.140 e. The summed E-state index contributed by atoms with van der Waals surface area (Å²) in [6.45, 7) is 1.02. The molecule has 2 aliphatic heterocycles. The van der Waals surface area contributed by atoms with Gasteiger partial charge in [0.05, 0.1) is 5.52 Å². The normalized spacial score (nSPS) is 24.5. The highest BCUT2D eigenvalue weighted by atomic mass is 16.1. The van der Waals surface area contributed by atoms with Gasteiger partial charge in [-0.2, -0.15) is 0 Å². The van der Waals surface area contributed by atoms with Gasteiger partial charge in [0.15, 0.2) is 0 Å². The van der Waals surface area contributed by atoms with Gasteiger partial charge in [0.1, 0.15) is 5.78 Å².